The first-order valence-electron chi connectivity index (χ1n) is 6.74. The number of carbonyl (C=O) groups is 1. The van der Waals surface area contributed by atoms with E-state index in [1.165, 1.54) is 0 Å². The van der Waals surface area contributed by atoms with Gasteiger partial charge in [0.1, 0.15) is 5.75 Å². The molecule has 3 rings (SSSR count). The van der Waals surface area contributed by atoms with Gasteiger partial charge in [0.25, 0.3) is 5.91 Å². The largest absolute Gasteiger partial charge is 0.481 e. The van der Waals surface area contributed by atoms with Crippen molar-refractivity contribution >= 4 is 23.2 Å². The fraction of sp³-hybridized carbons (Fsp3) is 0.188. The normalized spacial score (nSPS) is 13.5. The van der Waals surface area contributed by atoms with Crippen LogP contribution in [-0.2, 0) is 4.79 Å². The number of rotatable bonds is 4. The van der Waals surface area contributed by atoms with Gasteiger partial charge >= 0.3 is 0 Å². The molecule has 1 heterocycles. The van der Waals surface area contributed by atoms with Gasteiger partial charge in [-0.05, 0) is 43.3 Å². The van der Waals surface area contributed by atoms with E-state index in [1.54, 1.807) is 49.4 Å². The Labute approximate surface area is 132 Å². The van der Waals surface area contributed by atoms with Crippen molar-refractivity contribution in [3.8, 4) is 17.2 Å². The summed E-state index contributed by atoms with van der Waals surface area (Å²) in [5.74, 6) is 1.61. The lowest BCUT2D eigenvalue weighted by Crippen LogP contribution is -2.30. The second kappa shape index (κ2) is 6.15. The van der Waals surface area contributed by atoms with E-state index in [0.29, 0.717) is 28.0 Å². The molecule has 114 valence electrons. The topological polar surface area (TPSA) is 56.8 Å². The molecule has 0 fully saturated rings. The number of benzene rings is 2. The molecule has 5 nitrogen and oxygen atoms in total. The van der Waals surface area contributed by atoms with E-state index in [1.807, 2.05) is 0 Å². The summed E-state index contributed by atoms with van der Waals surface area (Å²) in [6.45, 7) is 1.87. The van der Waals surface area contributed by atoms with Gasteiger partial charge in [-0.25, -0.2) is 0 Å². The van der Waals surface area contributed by atoms with Crippen molar-refractivity contribution in [2.75, 3.05) is 12.1 Å². The van der Waals surface area contributed by atoms with E-state index in [2.05, 4.69) is 5.32 Å². The molecule has 0 aromatic heterocycles. The van der Waals surface area contributed by atoms with Gasteiger partial charge in [0.05, 0.1) is 0 Å². The number of carbonyl (C=O) groups excluding carboxylic acids is 1. The number of ether oxygens (including phenoxy) is 3. The predicted molar refractivity (Wildman–Crippen MR) is 82.7 cm³/mol. The Balaban J connectivity index is 1.62. The van der Waals surface area contributed by atoms with Crippen LogP contribution in [0.4, 0.5) is 5.69 Å². The number of anilines is 1. The fourth-order valence-corrected chi connectivity index (χ4v) is 2.11. The molecule has 2 aromatic rings. The zero-order valence-electron chi connectivity index (χ0n) is 11.8. The molecule has 1 unspecified atom stereocenters. The highest BCUT2D eigenvalue weighted by Gasteiger charge is 2.17. The van der Waals surface area contributed by atoms with Crippen molar-refractivity contribution in [2.24, 2.45) is 0 Å². The molecule has 2 aromatic carbocycles. The zero-order chi connectivity index (χ0) is 15.5. The predicted octanol–water partition coefficient (Wildman–Crippen LogP) is 3.47. The first-order chi connectivity index (χ1) is 10.6. The van der Waals surface area contributed by atoms with Gasteiger partial charge in [-0.2, -0.15) is 0 Å². The summed E-state index contributed by atoms with van der Waals surface area (Å²) in [5, 5.41) is 3.39. The summed E-state index contributed by atoms with van der Waals surface area (Å²) < 4.78 is 16.1. The van der Waals surface area contributed by atoms with E-state index < -0.39 is 6.10 Å². The number of amides is 1. The van der Waals surface area contributed by atoms with E-state index in [4.69, 9.17) is 25.8 Å². The number of hydrogen-bond donors (Lipinski definition) is 1. The second-order valence-corrected chi connectivity index (χ2v) is 5.21. The van der Waals surface area contributed by atoms with Crippen molar-refractivity contribution in [2.45, 2.75) is 13.0 Å². The molecule has 0 spiro atoms. The van der Waals surface area contributed by atoms with E-state index >= 15 is 0 Å². The highest BCUT2D eigenvalue weighted by atomic mass is 35.5. The molecule has 1 aliphatic rings. The number of nitrogens with one attached hydrogen (secondary N) is 1. The minimum Gasteiger partial charge on any atom is -0.481 e. The molecule has 1 atom stereocenters. The number of halogens is 1. The average Bonchev–Trinajstić information content (AvgIpc) is 2.97. The molecule has 0 bridgehead atoms. The zero-order valence-corrected chi connectivity index (χ0v) is 12.6. The van der Waals surface area contributed by atoms with Crippen LogP contribution in [0.25, 0.3) is 0 Å². The summed E-state index contributed by atoms with van der Waals surface area (Å²) in [4.78, 5) is 12.1. The Morgan fingerprint density at radius 2 is 1.91 bits per heavy atom. The molecular weight excluding hydrogens is 306 g/mol. The number of fused-ring (bicyclic) bond motifs is 1. The lowest BCUT2D eigenvalue weighted by atomic mass is 10.2. The highest BCUT2D eigenvalue weighted by molar-refractivity contribution is 6.30. The maximum Gasteiger partial charge on any atom is 0.265 e. The van der Waals surface area contributed by atoms with Crippen LogP contribution in [0.1, 0.15) is 6.92 Å². The Kier molecular flexibility index (Phi) is 4.06. The van der Waals surface area contributed by atoms with Crippen LogP contribution < -0.4 is 19.5 Å². The average molecular weight is 320 g/mol. The van der Waals surface area contributed by atoms with Gasteiger partial charge < -0.3 is 19.5 Å². The summed E-state index contributed by atoms with van der Waals surface area (Å²) in [6.07, 6.45) is -0.647. The molecule has 1 amide bonds. The molecule has 22 heavy (non-hydrogen) atoms. The van der Waals surface area contributed by atoms with Gasteiger partial charge in [-0.1, -0.05) is 11.6 Å². The summed E-state index contributed by atoms with van der Waals surface area (Å²) in [6, 6.07) is 12.1. The van der Waals surface area contributed by atoms with E-state index in [0.717, 1.165) is 0 Å². The summed E-state index contributed by atoms with van der Waals surface area (Å²) in [5.41, 5.74) is 0.626. The van der Waals surface area contributed by atoms with E-state index in [-0.39, 0.29) is 12.7 Å². The third-order valence-corrected chi connectivity index (χ3v) is 3.39. The van der Waals surface area contributed by atoms with Crippen LogP contribution in [-0.4, -0.2) is 18.8 Å². The van der Waals surface area contributed by atoms with Crippen molar-refractivity contribution in [1.82, 2.24) is 0 Å². The highest BCUT2D eigenvalue weighted by Crippen LogP contribution is 2.34. The Morgan fingerprint density at radius 1 is 1.18 bits per heavy atom. The molecule has 1 N–H and O–H groups in total. The molecule has 0 saturated heterocycles. The van der Waals surface area contributed by atoms with Gasteiger partial charge in [0.2, 0.25) is 6.79 Å². The maximum atomic E-state index is 12.1. The smallest absolute Gasteiger partial charge is 0.265 e. The standard InChI is InChI=1S/C16H14ClNO4/c1-10(22-13-5-2-11(17)3-6-13)16(19)18-12-4-7-14-15(8-12)21-9-20-14/h2-8,10H,9H2,1H3,(H,18,19). The van der Waals surface area contributed by atoms with Crippen LogP contribution in [0, 0.1) is 0 Å². The van der Waals surface area contributed by atoms with Crippen molar-refractivity contribution in [3.63, 3.8) is 0 Å². The second-order valence-electron chi connectivity index (χ2n) is 4.77. The Bertz CT molecular complexity index is 687. The van der Waals surface area contributed by atoms with Crippen molar-refractivity contribution < 1.29 is 19.0 Å². The lowest BCUT2D eigenvalue weighted by molar-refractivity contribution is -0.122. The molecule has 6 heteroatoms. The third kappa shape index (κ3) is 3.26. The van der Waals surface area contributed by atoms with Gasteiger partial charge in [0, 0.05) is 16.8 Å². The third-order valence-electron chi connectivity index (χ3n) is 3.14. The van der Waals surface area contributed by atoms with Crippen molar-refractivity contribution in [3.05, 3.63) is 47.5 Å². The SMILES string of the molecule is CC(Oc1ccc(Cl)cc1)C(=O)Nc1ccc2c(c1)OCO2. The van der Waals surface area contributed by atoms with Crippen LogP contribution in [0.5, 0.6) is 17.2 Å². The molecule has 0 aliphatic carbocycles. The van der Waals surface area contributed by atoms with Crippen molar-refractivity contribution in [1.29, 1.82) is 0 Å². The summed E-state index contributed by atoms with van der Waals surface area (Å²) >= 11 is 5.81. The monoisotopic (exact) mass is 319 g/mol. The fourth-order valence-electron chi connectivity index (χ4n) is 1.99. The Morgan fingerprint density at radius 3 is 2.68 bits per heavy atom. The lowest BCUT2D eigenvalue weighted by Gasteiger charge is -2.15. The van der Waals surface area contributed by atoms with Crippen LogP contribution >= 0.6 is 11.6 Å². The first-order valence-corrected chi connectivity index (χ1v) is 7.12. The van der Waals surface area contributed by atoms with Crippen LogP contribution in [0.3, 0.4) is 0 Å². The van der Waals surface area contributed by atoms with E-state index in [9.17, 15) is 4.79 Å². The maximum absolute atomic E-state index is 12.1. The quantitative estimate of drug-likeness (QED) is 0.937. The first kappa shape index (κ1) is 14.5. The van der Waals surface area contributed by atoms with Gasteiger partial charge in [-0.3, -0.25) is 4.79 Å². The van der Waals surface area contributed by atoms with Crippen LogP contribution in [0.15, 0.2) is 42.5 Å². The Hall–Kier alpha value is -2.40. The minimum absolute atomic E-state index is 0.197. The van der Waals surface area contributed by atoms with Gasteiger partial charge in [-0.15, -0.1) is 0 Å². The molecule has 0 radical (unpaired) electrons. The number of hydrogen-bond acceptors (Lipinski definition) is 4. The summed E-state index contributed by atoms with van der Waals surface area (Å²) in [7, 11) is 0. The van der Waals surface area contributed by atoms with Gasteiger partial charge in [0.15, 0.2) is 17.6 Å². The molecular formula is C16H14ClNO4. The molecule has 0 saturated carbocycles. The van der Waals surface area contributed by atoms with Crippen LogP contribution in [0.2, 0.25) is 5.02 Å². The molecule has 1 aliphatic heterocycles. The minimum atomic E-state index is -0.647.